The average Bonchev–Trinajstić information content (AvgIpc) is 2.78. The van der Waals surface area contributed by atoms with Gasteiger partial charge in [-0.25, -0.2) is 4.79 Å². The molecule has 0 spiro atoms. The van der Waals surface area contributed by atoms with Gasteiger partial charge in [-0.1, -0.05) is 0 Å². The third-order valence-corrected chi connectivity index (χ3v) is 3.28. The predicted molar refractivity (Wildman–Crippen MR) is 74.3 cm³/mol. The highest BCUT2D eigenvalue weighted by Gasteiger charge is 2.24. The van der Waals surface area contributed by atoms with E-state index in [1.54, 1.807) is 19.1 Å². The van der Waals surface area contributed by atoms with E-state index in [1.807, 2.05) is 13.0 Å². The maximum atomic E-state index is 11.8. The molecule has 1 heterocycles. The fraction of sp³-hybridized carbons (Fsp3) is 0.500. The molecule has 5 nitrogen and oxygen atoms in total. The average molecular weight is 264 g/mol. The Balaban J connectivity index is 2.13. The zero-order valence-electron chi connectivity index (χ0n) is 11.3. The van der Waals surface area contributed by atoms with Crippen LogP contribution in [0.2, 0.25) is 0 Å². The van der Waals surface area contributed by atoms with Gasteiger partial charge in [0.25, 0.3) is 0 Å². The zero-order chi connectivity index (χ0) is 13.8. The highest BCUT2D eigenvalue weighted by molar-refractivity contribution is 5.96. The summed E-state index contributed by atoms with van der Waals surface area (Å²) < 4.78 is 10.5. The van der Waals surface area contributed by atoms with Crippen LogP contribution in [0.3, 0.4) is 0 Å². The number of hydrogen-bond acceptors (Lipinski definition) is 5. The molecule has 1 saturated heterocycles. The van der Waals surface area contributed by atoms with Gasteiger partial charge in [-0.2, -0.15) is 0 Å². The molecule has 0 bridgehead atoms. The second kappa shape index (κ2) is 5.93. The topological polar surface area (TPSA) is 73.6 Å². The highest BCUT2D eigenvalue weighted by Crippen LogP contribution is 2.23. The molecule has 1 fully saturated rings. The van der Waals surface area contributed by atoms with Gasteiger partial charge in [0.05, 0.1) is 24.3 Å². The second-order valence-corrected chi connectivity index (χ2v) is 4.64. The van der Waals surface area contributed by atoms with Gasteiger partial charge in [-0.3, -0.25) is 0 Å². The third kappa shape index (κ3) is 3.17. The fourth-order valence-corrected chi connectivity index (χ4v) is 2.17. The molecule has 2 atom stereocenters. The molecule has 5 heteroatoms. The SMILES string of the molecule is CCOC(=O)c1cc(NC2CCOC2C)ccc1N. The molecular weight excluding hydrogens is 244 g/mol. The van der Waals surface area contributed by atoms with Crippen LogP contribution in [0.15, 0.2) is 18.2 Å². The molecule has 2 rings (SSSR count). The van der Waals surface area contributed by atoms with Crippen LogP contribution < -0.4 is 11.1 Å². The molecule has 1 aliphatic heterocycles. The summed E-state index contributed by atoms with van der Waals surface area (Å²) >= 11 is 0. The van der Waals surface area contributed by atoms with Crippen LogP contribution in [0.1, 0.15) is 30.6 Å². The summed E-state index contributed by atoms with van der Waals surface area (Å²) in [6, 6.07) is 5.58. The molecule has 0 saturated carbocycles. The summed E-state index contributed by atoms with van der Waals surface area (Å²) in [4.78, 5) is 11.8. The van der Waals surface area contributed by atoms with Crippen molar-refractivity contribution in [2.75, 3.05) is 24.3 Å². The molecular formula is C14H20N2O3. The quantitative estimate of drug-likeness (QED) is 0.643. The van der Waals surface area contributed by atoms with Crippen LogP contribution in [0.25, 0.3) is 0 Å². The minimum atomic E-state index is -0.389. The lowest BCUT2D eigenvalue weighted by molar-refractivity contribution is 0.0527. The van der Waals surface area contributed by atoms with Gasteiger partial charge in [0.15, 0.2) is 0 Å². The highest BCUT2D eigenvalue weighted by atomic mass is 16.5. The number of carbonyl (C=O) groups excluding carboxylic acids is 1. The molecule has 2 unspecified atom stereocenters. The first-order chi connectivity index (χ1) is 9.11. The standard InChI is InChI=1S/C14H20N2O3/c1-3-18-14(17)11-8-10(4-5-12(11)15)16-13-6-7-19-9(13)2/h4-5,8-9,13,16H,3,6-7,15H2,1-2H3. The van der Waals surface area contributed by atoms with Gasteiger partial charge in [0, 0.05) is 18.0 Å². The van der Waals surface area contributed by atoms with Gasteiger partial charge >= 0.3 is 5.97 Å². The number of nitrogen functional groups attached to an aromatic ring is 1. The minimum absolute atomic E-state index is 0.170. The van der Waals surface area contributed by atoms with Crippen molar-refractivity contribution in [1.82, 2.24) is 0 Å². The summed E-state index contributed by atoms with van der Waals surface area (Å²) in [5, 5.41) is 3.37. The number of carbonyl (C=O) groups is 1. The molecule has 0 aliphatic carbocycles. The van der Waals surface area contributed by atoms with E-state index in [1.165, 1.54) is 0 Å². The Labute approximate surface area is 113 Å². The lowest BCUT2D eigenvalue weighted by atomic mass is 10.1. The molecule has 3 N–H and O–H groups in total. The van der Waals surface area contributed by atoms with E-state index >= 15 is 0 Å². The van der Waals surface area contributed by atoms with Crippen LogP contribution in [-0.2, 0) is 9.47 Å². The number of nitrogens with two attached hydrogens (primary N) is 1. The summed E-state index contributed by atoms with van der Waals surface area (Å²) in [5.41, 5.74) is 7.50. The number of hydrogen-bond donors (Lipinski definition) is 2. The van der Waals surface area contributed by atoms with E-state index in [9.17, 15) is 4.79 Å². The molecule has 1 aromatic rings. The number of nitrogens with one attached hydrogen (secondary N) is 1. The molecule has 0 aromatic heterocycles. The van der Waals surface area contributed by atoms with Crippen LogP contribution >= 0.6 is 0 Å². The van der Waals surface area contributed by atoms with Crippen molar-refractivity contribution in [3.05, 3.63) is 23.8 Å². The molecule has 0 amide bonds. The second-order valence-electron chi connectivity index (χ2n) is 4.64. The van der Waals surface area contributed by atoms with Gasteiger partial charge in [0.2, 0.25) is 0 Å². The summed E-state index contributed by atoms with van der Waals surface area (Å²) in [7, 11) is 0. The van der Waals surface area contributed by atoms with E-state index < -0.39 is 0 Å². The van der Waals surface area contributed by atoms with Crippen molar-refractivity contribution < 1.29 is 14.3 Å². The zero-order valence-corrected chi connectivity index (χ0v) is 11.3. The van der Waals surface area contributed by atoms with E-state index in [2.05, 4.69) is 5.32 Å². The first-order valence-electron chi connectivity index (χ1n) is 6.56. The number of benzene rings is 1. The van der Waals surface area contributed by atoms with Crippen molar-refractivity contribution in [2.45, 2.75) is 32.4 Å². The molecule has 1 aliphatic rings. The van der Waals surface area contributed by atoms with Crippen molar-refractivity contribution in [1.29, 1.82) is 0 Å². The number of ether oxygens (including phenoxy) is 2. The Morgan fingerprint density at radius 1 is 1.58 bits per heavy atom. The molecule has 1 aromatic carbocycles. The van der Waals surface area contributed by atoms with E-state index in [0.29, 0.717) is 17.9 Å². The molecule has 0 radical (unpaired) electrons. The lowest BCUT2D eigenvalue weighted by Crippen LogP contribution is -2.26. The maximum absolute atomic E-state index is 11.8. The van der Waals surface area contributed by atoms with E-state index in [4.69, 9.17) is 15.2 Å². The first-order valence-corrected chi connectivity index (χ1v) is 6.56. The van der Waals surface area contributed by atoms with Crippen molar-refractivity contribution in [2.24, 2.45) is 0 Å². The Bertz CT molecular complexity index is 462. The normalized spacial score (nSPS) is 22.2. The van der Waals surface area contributed by atoms with Gasteiger partial charge in [0.1, 0.15) is 0 Å². The largest absolute Gasteiger partial charge is 0.462 e. The van der Waals surface area contributed by atoms with Gasteiger partial charge in [-0.15, -0.1) is 0 Å². The number of anilines is 2. The lowest BCUT2D eigenvalue weighted by Gasteiger charge is -2.18. The Morgan fingerprint density at radius 2 is 2.37 bits per heavy atom. The van der Waals surface area contributed by atoms with Gasteiger partial charge < -0.3 is 20.5 Å². The predicted octanol–water partition coefficient (Wildman–Crippen LogP) is 2.03. The monoisotopic (exact) mass is 264 g/mol. The minimum Gasteiger partial charge on any atom is -0.462 e. The molecule has 19 heavy (non-hydrogen) atoms. The molecule has 104 valence electrons. The smallest absolute Gasteiger partial charge is 0.340 e. The third-order valence-electron chi connectivity index (χ3n) is 3.28. The van der Waals surface area contributed by atoms with Crippen molar-refractivity contribution in [3.63, 3.8) is 0 Å². The Hall–Kier alpha value is -1.75. The fourth-order valence-electron chi connectivity index (χ4n) is 2.17. The van der Waals surface area contributed by atoms with Gasteiger partial charge in [-0.05, 0) is 38.5 Å². The number of esters is 1. The number of rotatable bonds is 4. The van der Waals surface area contributed by atoms with Crippen LogP contribution in [0, 0.1) is 0 Å². The first kappa shape index (κ1) is 13.7. The summed E-state index contributed by atoms with van der Waals surface area (Å²) in [6.45, 7) is 4.91. The maximum Gasteiger partial charge on any atom is 0.340 e. The Kier molecular flexibility index (Phi) is 4.27. The van der Waals surface area contributed by atoms with Crippen LogP contribution in [0.4, 0.5) is 11.4 Å². The van der Waals surface area contributed by atoms with Crippen LogP contribution in [0.5, 0.6) is 0 Å². The van der Waals surface area contributed by atoms with Crippen molar-refractivity contribution >= 4 is 17.3 Å². The van der Waals surface area contributed by atoms with E-state index in [-0.39, 0.29) is 18.1 Å². The summed E-state index contributed by atoms with van der Waals surface area (Å²) in [5.74, 6) is -0.389. The van der Waals surface area contributed by atoms with Crippen LogP contribution in [-0.4, -0.2) is 31.3 Å². The Morgan fingerprint density at radius 3 is 3.00 bits per heavy atom. The van der Waals surface area contributed by atoms with E-state index in [0.717, 1.165) is 18.7 Å². The van der Waals surface area contributed by atoms with Crippen molar-refractivity contribution in [3.8, 4) is 0 Å². The summed E-state index contributed by atoms with van der Waals surface area (Å²) in [6.07, 6.45) is 1.13.